The molecule has 96 valence electrons. The molecule has 2 unspecified atom stereocenters. The summed E-state index contributed by atoms with van der Waals surface area (Å²) in [6.07, 6.45) is 11.4. The maximum Gasteiger partial charge on any atom is 0.0223 e. The molecule has 0 spiro atoms. The molecule has 1 aliphatic carbocycles. The van der Waals surface area contributed by atoms with Crippen LogP contribution in [-0.2, 0) is 13.1 Å². The fourth-order valence-electron chi connectivity index (χ4n) is 3.01. The molecule has 0 aliphatic heterocycles. The van der Waals surface area contributed by atoms with Crippen LogP contribution >= 0.6 is 0 Å². The molecule has 2 nitrogen and oxygen atoms in total. The van der Waals surface area contributed by atoms with E-state index < -0.39 is 0 Å². The second kappa shape index (κ2) is 6.25. The number of nitrogens with one attached hydrogen (secondary N) is 1. The van der Waals surface area contributed by atoms with Crippen LogP contribution in [0.2, 0.25) is 0 Å². The maximum atomic E-state index is 3.76. The second-order valence-electron chi connectivity index (χ2n) is 5.29. The molecule has 1 aliphatic rings. The molecular formula is C15H26N2. The molecule has 1 fully saturated rings. The Morgan fingerprint density at radius 1 is 1.29 bits per heavy atom. The summed E-state index contributed by atoms with van der Waals surface area (Å²) in [6.45, 7) is 6.62. The fourth-order valence-corrected chi connectivity index (χ4v) is 3.01. The summed E-state index contributed by atoms with van der Waals surface area (Å²) in [7, 11) is 0. The van der Waals surface area contributed by atoms with E-state index in [-0.39, 0.29) is 0 Å². The molecular weight excluding hydrogens is 208 g/mol. The first-order valence-corrected chi connectivity index (χ1v) is 7.21. The first kappa shape index (κ1) is 12.7. The van der Waals surface area contributed by atoms with Gasteiger partial charge in [-0.05, 0) is 37.3 Å². The van der Waals surface area contributed by atoms with E-state index in [0.717, 1.165) is 25.0 Å². The highest BCUT2D eigenvalue weighted by Gasteiger charge is 2.22. The third-order valence-corrected chi connectivity index (χ3v) is 4.18. The molecule has 2 heteroatoms. The average molecular weight is 234 g/mol. The summed E-state index contributed by atoms with van der Waals surface area (Å²) in [5.74, 6) is 0.900. The van der Waals surface area contributed by atoms with Crippen LogP contribution in [0.5, 0.6) is 0 Å². The Kier molecular flexibility index (Phi) is 4.66. The quantitative estimate of drug-likeness (QED) is 0.824. The van der Waals surface area contributed by atoms with Crippen molar-refractivity contribution in [2.45, 2.75) is 65.1 Å². The smallest absolute Gasteiger partial charge is 0.0223 e. The van der Waals surface area contributed by atoms with E-state index >= 15 is 0 Å². The van der Waals surface area contributed by atoms with E-state index in [1.165, 1.54) is 37.7 Å². The van der Waals surface area contributed by atoms with E-state index in [4.69, 9.17) is 0 Å². The molecule has 0 amide bonds. The van der Waals surface area contributed by atoms with Gasteiger partial charge < -0.3 is 9.88 Å². The van der Waals surface area contributed by atoms with Gasteiger partial charge in [-0.2, -0.15) is 0 Å². The van der Waals surface area contributed by atoms with E-state index in [0.29, 0.717) is 0 Å². The molecule has 2 atom stereocenters. The molecule has 0 saturated heterocycles. The van der Waals surface area contributed by atoms with Gasteiger partial charge in [-0.25, -0.2) is 0 Å². The van der Waals surface area contributed by atoms with Crippen molar-refractivity contribution >= 4 is 0 Å². The van der Waals surface area contributed by atoms with Gasteiger partial charge in [0.05, 0.1) is 0 Å². The third kappa shape index (κ3) is 3.35. The minimum atomic E-state index is 0.749. The van der Waals surface area contributed by atoms with Crippen LogP contribution in [0.1, 0.15) is 51.5 Å². The molecule has 1 heterocycles. The van der Waals surface area contributed by atoms with Crippen LogP contribution in [0, 0.1) is 5.92 Å². The molecule has 1 saturated carbocycles. The lowest BCUT2D eigenvalue weighted by Gasteiger charge is -2.31. The average Bonchev–Trinajstić information content (AvgIpc) is 2.84. The van der Waals surface area contributed by atoms with Crippen LogP contribution < -0.4 is 5.32 Å². The fraction of sp³-hybridized carbons (Fsp3) is 0.733. The second-order valence-corrected chi connectivity index (χ2v) is 5.29. The van der Waals surface area contributed by atoms with E-state index in [2.05, 4.69) is 42.2 Å². The molecule has 1 N–H and O–H groups in total. The van der Waals surface area contributed by atoms with Gasteiger partial charge in [0.25, 0.3) is 0 Å². The minimum absolute atomic E-state index is 0.749. The lowest BCUT2D eigenvalue weighted by molar-refractivity contribution is 0.254. The Labute approximate surface area is 105 Å². The largest absolute Gasteiger partial charge is 0.354 e. The summed E-state index contributed by atoms with van der Waals surface area (Å²) in [4.78, 5) is 0. The predicted octanol–water partition coefficient (Wildman–Crippen LogP) is 3.57. The van der Waals surface area contributed by atoms with Crippen LogP contribution in [0.15, 0.2) is 18.5 Å². The highest BCUT2D eigenvalue weighted by atomic mass is 15.0. The Balaban J connectivity index is 1.83. The summed E-state index contributed by atoms with van der Waals surface area (Å²) in [5.41, 5.74) is 1.42. The maximum absolute atomic E-state index is 3.76. The highest BCUT2D eigenvalue weighted by molar-refractivity contribution is 5.10. The van der Waals surface area contributed by atoms with Gasteiger partial charge in [-0.3, -0.25) is 0 Å². The lowest BCUT2D eigenvalue weighted by Crippen LogP contribution is -2.37. The number of aryl methyl sites for hydroxylation is 1. The SMILES string of the molecule is CCC1CCCCC1NCc1ccn(CC)c1. The van der Waals surface area contributed by atoms with Crippen molar-refractivity contribution in [3.8, 4) is 0 Å². The Hall–Kier alpha value is -0.760. The monoisotopic (exact) mass is 234 g/mol. The van der Waals surface area contributed by atoms with Crippen molar-refractivity contribution in [2.75, 3.05) is 0 Å². The van der Waals surface area contributed by atoms with Crippen molar-refractivity contribution in [1.29, 1.82) is 0 Å². The van der Waals surface area contributed by atoms with Crippen molar-refractivity contribution in [3.05, 3.63) is 24.0 Å². The molecule has 0 bridgehead atoms. The van der Waals surface area contributed by atoms with Gasteiger partial charge in [0.1, 0.15) is 0 Å². The van der Waals surface area contributed by atoms with Crippen LogP contribution in [0.25, 0.3) is 0 Å². The first-order chi connectivity index (χ1) is 8.33. The Morgan fingerprint density at radius 2 is 2.12 bits per heavy atom. The number of aromatic nitrogens is 1. The van der Waals surface area contributed by atoms with Crippen molar-refractivity contribution < 1.29 is 0 Å². The van der Waals surface area contributed by atoms with Gasteiger partial charge in [0, 0.05) is 31.5 Å². The minimum Gasteiger partial charge on any atom is -0.354 e. The number of nitrogens with zero attached hydrogens (tertiary/aromatic N) is 1. The molecule has 1 aromatic heterocycles. The molecule has 17 heavy (non-hydrogen) atoms. The standard InChI is InChI=1S/C15H26N2/c1-3-14-7-5-6-8-15(14)16-11-13-9-10-17(4-2)12-13/h9-10,12,14-16H,3-8,11H2,1-2H3. The highest BCUT2D eigenvalue weighted by Crippen LogP contribution is 2.26. The topological polar surface area (TPSA) is 17.0 Å². The van der Waals surface area contributed by atoms with Crippen molar-refractivity contribution in [3.63, 3.8) is 0 Å². The normalized spacial score (nSPS) is 25.1. The first-order valence-electron chi connectivity index (χ1n) is 7.21. The van der Waals surface area contributed by atoms with Gasteiger partial charge in [-0.1, -0.05) is 26.2 Å². The van der Waals surface area contributed by atoms with Crippen molar-refractivity contribution in [1.82, 2.24) is 9.88 Å². The summed E-state index contributed by atoms with van der Waals surface area (Å²) in [5, 5.41) is 3.76. The zero-order chi connectivity index (χ0) is 12.1. The zero-order valence-corrected chi connectivity index (χ0v) is 11.3. The van der Waals surface area contributed by atoms with Gasteiger partial charge >= 0.3 is 0 Å². The summed E-state index contributed by atoms with van der Waals surface area (Å²) >= 11 is 0. The van der Waals surface area contributed by atoms with Crippen molar-refractivity contribution in [2.24, 2.45) is 5.92 Å². The lowest BCUT2D eigenvalue weighted by atomic mass is 9.83. The molecule has 0 radical (unpaired) electrons. The van der Waals surface area contributed by atoms with E-state index in [1.807, 2.05) is 0 Å². The molecule has 1 aromatic rings. The summed E-state index contributed by atoms with van der Waals surface area (Å²) < 4.78 is 2.25. The zero-order valence-electron chi connectivity index (χ0n) is 11.3. The van der Waals surface area contributed by atoms with Gasteiger partial charge in [0.15, 0.2) is 0 Å². The number of rotatable bonds is 5. The molecule has 0 aromatic carbocycles. The predicted molar refractivity (Wildman–Crippen MR) is 73.0 cm³/mol. The van der Waals surface area contributed by atoms with Crippen LogP contribution in [0.3, 0.4) is 0 Å². The van der Waals surface area contributed by atoms with Crippen LogP contribution in [-0.4, -0.2) is 10.6 Å². The number of hydrogen-bond acceptors (Lipinski definition) is 1. The van der Waals surface area contributed by atoms with Crippen LogP contribution in [0.4, 0.5) is 0 Å². The third-order valence-electron chi connectivity index (χ3n) is 4.18. The van der Waals surface area contributed by atoms with E-state index in [9.17, 15) is 0 Å². The Morgan fingerprint density at radius 3 is 2.82 bits per heavy atom. The number of hydrogen-bond donors (Lipinski definition) is 1. The van der Waals surface area contributed by atoms with Gasteiger partial charge in [0.2, 0.25) is 0 Å². The van der Waals surface area contributed by atoms with E-state index in [1.54, 1.807) is 0 Å². The summed E-state index contributed by atoms with van der Waals surface area (Å²) in [6, 6.07) is 2.99. The Bertz CT molecular complexity index is 329. The van der Waals surface area contributed by atoms with Gasteiger partial charge in [-0.15, -0.1) is 0 Å². The molecule has 2 rings (SSSR count).